The lowest BCUT2D eigenvalue weighted by Gasteiger charge is -2.12. The molecule has 0 spiro atoms. The second-order valence-corrected chi connectivity index (χ2v) is 6.50. The van der Waals surface area contributed by atoms with Crippen LogP contribution in [-0.4, -0.2) is 30.0 Å². The van der Waals surface area contributed by atoms with Gasteiger partial charge in [-0.3, -0.25) is 4.68 Å². The average molecular weight is 500 g/mol. The second-order valence-electron chi connectivity index (χ2n) is 6.50. The van der Waals surface area contributed by atoms with Gasteiger partial charge in [0.1, 0.15) is 5.57 Å². The Balaban J connectivity index is 2.85. The van der Waals surface area contributed by atoms with E-state index in [2.05, 4.69) is 14.6 Å². The standard InChI is InChI=1S/C20H13F9N2O3/c1-31-15(14(9-33-2)17(32)34-3)13(16(30-31)20(27,28)29)5-4-10-6-11(18(21,22)23)8-12(7-10)19(24,25)26/h6-9H,1-3H3. The SMILES string of the molecule is COC=C(C(=O)OC)c1c(C#Cc2cc(C(F)(F)F)cc(C(F)(F)F)c2)c(C(F)(F)F)nn1C. The number of esters is 1. The lowest BCUT2D eigenvalue weighted by Crippen LogP contribution is -2.11. The number of alkyl halides is 9. The van der Waals surface area contributed by atoms with E-state index in [4.69, 9.17) is 0 Å². The summed E-state index contributed by atoms with van der Waals surface area (Å²) in [5, 5.41) is 3.25. The number of aryl methyl sites for hydroxylation is 1. The number of benzene rings is 1. The van der Waals surface area contributed by atoms with Crippen molar-refractivity contribution in [1.82, 2.24) is 9.78 Å². The molecular formula is C20H13F9N2O3. The summed E-state index contributed by atoms with van der Waals surface area (Å²) < 4.78 is 129. The predicted molar refractivity (Wildman–Crippen MR) is 97.6 cm³/mol. The zero-order chi connectivity index (χ0) is 26.1. The fraction of sp³-hybridized carbons (Fsp3) is 0.300. The first-order chi connectivity index (χ1) is 15.5. The highest BCUT2D eigenvalue weighted by atomic mass is 19.4. The minimum absolute atomic E-state index is 0.154. The fourth-order valence-corrected chi connectivity index (χ4v) is 2.74. The van der Waals surface area contributed by atoms with Gasteiger partial charge in [-0.05, 0) is 18.2 Å². The molecule has 2 rings (SSSR count). The zero-order valence-corrected chi connectivity index (χ0v) is 17.3. The third-order valence-electron chi connectivity index (χ3n) is 4.13. The molecule has 2 aromatic rings. The fourth-order valence-electron chi connectivity index (χ4n) is 2.74. The molecule has 5 nitrogen and oxygen atoms in total. The van der Waals surface area contributed by atoms with E-state index in [1.165, 1.54) is 0 Å². The first kappa shape index (κ1) is 26.6. The van der Waals surface area contributed by atoms with Crippen LogP contribution in [0.2, 0.25) is 0 Å². The molecule has 0 bridgehead atoms. The Kier molecular flexibility index (Phi) is 7.29. The quantitative estimate of drug-likeness (QED) is 0.195. The molecule has 0 N–H and O–H groups in total. The summed E-state index contributed by atoms with van der Waals surface area (Å²) >= 11 is 0. The van der Waals surface area contributed by atoms with Gasteiger partial charge in [0.15, 0.2) is 5.69 Å². The Bertz CT molecular complexity index is 1150. The van der Waals surface area contributed by atoms with Crippen LogP contribution in [0.15, 0.2) is 24.5 Å². The smallest absolute Gasteiger partial charge is 0.436 e. The molecule has 34 heavy (non-hydrogen) atoms. The van der Waals surface area contributed by atoms with Crippen molar-refractivity contribution in [2.75, 3.05) is 14.2 Å². The first-order valence-electron chi connectivity index (χ1n) is 8.78. The Morgan fingerprint density at radius 1 is 0.912 bits per heavy atom. The Morgan fingerprint density at radius 2 is 1.44 bits per heavy atom. The number of rotatable bonds is 3. The molecular weight excluding hydrogens is 487 g/mol. The van der Waals surface area contributed by atoms with Gasteiger partial charge >= 0.3 is 24.5 Å². The molecule has 1 aromatic heterocycles. The summed E-state index contributed by atoms with van der Waals surface area (Å²) in [5.74, 6) is 2.62. The van der Waals surface area contributed by atoms with Crippen LogP contribution in [0.1, 0.15) is 33.6 Å². The number of methoxy groups -OCH3 is 2. The van der Waals surface area contributed by atoms with Gasteiger partial charge in [-0.15, -0.1) is 0 Å². The summed E-state index contributed by atoms with van der Waals surface area (Å²) in [6.45, 7) is 0. The number of nitrogens with zero attached hydrogens (tertiary/aromatic N) is 2. The van der Waals surface area contributed by atoms with Gasteiger partial charge < -0.3 is 9.47 Å². The van der Waals surface area contributed by atoms with E-state index in [1.54, 1.807) is 0 Å². The van der Waals surface area contributed by atoms with Crippen LogP contribution in [0.25, 0.3) is 5.57 Å². The van der Waals surface area contributed by atoms with E-state index in [9.17, 15) is 44.3 Å². The largest absolute Gasteiger partial charge is 0.503 e. The van der Waals surface area contributed by atoms with E-state index in [1.807, 2.05) is 11.8 Å². The van der Waals surface area contributed by atoms with E-state index < -0.39 is 63.7 Å². The number of hydrogen-bond acceptors (Lipinski definition) is 4. The summed E-state index contributed by atoms with van der Waals surface area (Å²) in [5.41, 5.74) is -8.08. The minimum atomic E-state index is -5.19. The van der Waals surface area contributed by atoms with E-state index in [0.29, 0.717) is 4.68 Å². The van der Waals surface area contributed by atoms with Gasteiger partial charge in [0.2, 0.25) is 0 Å². The van der Waals surface area contributed by atoms with Gasteiger partial charge in [-0.1, -0.05) is 11.8 Å². The predicted octanol–water partition coefficient (Wildman–Crippen LogP) is 5.04. The molecule has 0 aliphatic rings. The van der Waals surface area contributed by atoms with Crippen LogP contribution in [0.4, 0.5) is 39.5 Å². The van der Waals surface area contributed by atoms with Crippen molar-refractivity contribution in [2.24, 2.45) is 7.05 Å². The number of halogens is 9. The Hall–Kier alpha value is -3.63. The zero-order valence-electron chi connectivity index (χ0n) is 17.3. The first-order valence-corrected chi connectivity index (χ1v) is 8.78. The van der Waals surface area contributed by atoms with E-state index in [0.717, 1.165) is 27.5 Å². The number of aromatic nitrogens is 2. The lowest BCUT2D eigenvalue weighted by atomic mass is 10.0. The maximum Gasteiger partial charge on any atom is 0.436 e. The normalized spacial score (nSPS) is 12.8. The molecule has 1 aromatic carbocycles. The molecule has 184 valence electrons. The van der Waals surface area contributed by atoms with Crippen molar-refractivity contribution in [1.29, 1.82) is 0 Å². The molecule has 0 radical (unpaired) electrons. The third kappa shape index (κ3) is 5.83. The summed E-state index contributed by atoms with van der Waals surface area (Å²) in [6.07, 6.45) is -14.8. The number of hydrogen-bond donors (Lipinski definition) is 0. The van der Waals surface area contributed by atoms with Gasteiger partial charge in [0.05, 0.1) is 42.9 Å². The van der Waals surface area contributed by atoms with Crippen LogP contribution >= 0.6 is 0 Å². The molecule has 0 saturated heterocycles. The van der Waals surface area contributed by atoms with Crippen molar-refractivity contribution in [2.45, 2.75) is 18.5 Å². The molecule has 0 fully saturated rings. The van der Waals surface area contributed by atoms with Gasteiger partial charge in [-0.2, -0.15) is 44.6 Å². The number of carbonyl (C=O) groups is 1. The van der Waals surface area contributed by atoms with Crippen LogP contribution in [0.5, 0.6) is 0 Å². The third-order valence-corrected chi connectivity index (χ3v) is 4.13. The van der Waals surface area contributed by atoms with Crippen molar-refractivity contribution < 1.29 is 53.8 Å². The molecule has 0 amide bonds. The van der Waals surface area contributed by atoms with Gasteiger partial charge in [0, 0.05) is 12.6 Å². The lowest BCUT2D eigenvalue weighted by molar-refractivity contribution is -0.143. The summed E-state index contributed by atoms with van der Waals surface area (Å²) in [6, 6.07) is 0.341. The highest BCUT2D eigenvalue weighted by Crippen LogP contribution is 2.37. The van der Waals surface area contributed by atoms with Gasteiger partial charge in [-0.25, -0.2) is 4.79 Å². The number of carbonyl (C=O) groups excluding carboxylic acids is 1. The van der Waals surface area contributed by atoms with Crippen LogP contribution in [-0.2, 0) is 39.8 Å². The summed E-state index contributed by atoms with van der Waals surface area (Å²) in [7, 11) is 2.99. The summed E-state index contributed by atoms with van der Waals surface area (Å²) in [4.78, 5) is 12.1. The van der Waals surface area contributed by atoms with Crippen molar-refractivity contribution in [3.8, 4) is 11.8 Å². The number of ether oxygens (including phenoxy) is 2. The van der Waals surface area contributed by atoms with Crippen molar-refractivity contribution in [3.63, 3.8) is 0 Å². The topological polar surface area (TPSA) is 53.4 Å². The molecule has 0 saturated carbocycles. The molecule has 0 atom stereocenters. The Labute approximate surface area is 185 Å². The maximum absolute atomic E-state index is 13.5. The maximum atomic E-state index is 13.5. The second kappa shape index (κ2) is 9.32. The van der Waals surface area contributed by atoms with Crippen molar-refractivity contribution in [3.05, 3.63) is 58.1 Å². The molecule has 0 unspecified atom stereocenters. The van der Waals surface area contributed by atoms with Crippen molar-refractivity contribution >= 4 is 11.5 Å². The highest BCUT2D eigenvalue weighted by Gasteiger charge is 2.40. The van der Waals surface area contributed by atoms with E-state index >= 15 is 0 Å². The molecule has 14 heteroatoms. The van der Waals surface area contributed by atoms with Crippen LogP contribution in [0, 0.1) is 11.8 Å². The highest BCUT2D eigenvalue weighted by molar-refractivity contribution is 6.16. The Morgan fingerprint density at radius 3 is 1.85 bits per heavy atom. The van der Waals surface area contributed by atoms with Crippen LogP contribution < -0.4 is 0 Å². The van der Waals surface area contributed by atoms with E-state index in [-0.39, 0.29) is 18.2 Å². The molecule has 0 aliphatic heterocycles. The molecule has 1 heterocycles. The van der Waals surface area contributed by atoms with Gasteiger partial charge in [0.25, 0.3) is 0 Å². The monoisotopic (exact) mass is 500 g/mol. The average Bonchev–Trinajstić information content (AvgIpc) is 3.04. The minimum Gasteiger partial charge on any atom is -0.503 e. The van der Waals surface area contributed by atoms with Crippen LogP contribution in [0.3, 0.4) is 0 Å². The molecule has 0 aliphatic carbocycles.